The van der Waals surface area contributed by atoms with Gasteiger partial charge in [0, 0.05) is 11.5 Å². The minimum absolute atomic E-state index is 0.334. The first kappa shape index (κ1) is 26.8. The van der Waals surface area contributed by atoms with Crippen molar-refractivity contribution in [2.24, 2.45) is 0 Å². The van der Waals surface area contributed by atoms with Crippen molar-refractivity contribution in [1.29, 1.82) is 0 Å². The number of thioether (sulfide) groups is 2. The van der Waals surface area contributed by atoms with Crippen molar-refractivity contribution in [1.82, 2.24) is 0 Å². The summed E-state index contributed by atoms with van der Waals surface area (Å²) in [4.78, 5) is 0. The first-order chi connectivity index (χ1) is 11.8. The Hall–Kier alpha value is 0.620. The molecule has 0 saturated carbocycles. The summed E-state index contributed by atoms with van der Waals surface area (Å²) in [5, 5.41) is 17.0. The van der Waals surface area contributed by atoms with E-state index in [-0.39, 0.29) is 0 Å². The summed E-state index contributed by atoms with van der Waals surface area (Å²) < 4.78 is 0. The molecule has 0 aliphatic heterocycles. The van der Waals surface area contributed by atoms with Gasteiger partial charge in [-0.25, -0.2) is 0 Å². The normalized spacial score (nSPS) is 10.5. The average Bonchev–Trinajstić information content (AvgIpc) is 2.60. The SMILES string of the molecule is CCCCCCCCSCCO.CCCCCCCCSCCO. The van der Waals surface area contributed by atoms with Crippen LogP contribution in [0.1, 0.15) is 90.9 Å². The second-order valence-corrected chi connectivity index (χ2v) is 8.66. The van der Waals surface area contributed by atoms with Gasteiger partial charge < -0.3 is 10.2 Å². The molecule has 0 unspecified atom stereocenters. The van der Waals surface area contributed by atoms with Crippen LogP contribution in [-0.4, -0.2) is 46.4 Å². The summed E-state index contributed by atoms with van der Waals surface area (Å²) in [7, 11) is 0. The highest BCUT2D eigenvalue weighted by Crippen LogP contribution is 2.09. The predicted molar refractivity (Wildman–Crippen MR) is 116 cm³/mol. The Kier molecular flexibility index (Phi) is 31.8. The molecule has 0 aromatic carbocycles. The summed E-state index contributed by atoms with van der Waals surface area (Å²) in [6.07, 6.45) is 16.5. The fourth-order valence-electron chi connectivity index (χ4n) is 2.30. The standard InChI is InChI=1S/2C10H22OS/c2*1-2-3-4-5-6-7-9-12-10-8-11/h2*11H,2-10H2,1H3. The molecule has 0 aliphatic rings. The van der Waals surface area contributed by atoms with Gasteiger partial charge in [-0.2, -0.15) is 23.5 Å². The maximum absolute atomic E-state index is 8.52. The first-order valence-corrected chi connectivity index (χ1v) is 12.5. The highest BCUT2D eigenvalue weighted by molar-refractivity contribution is 7.99. The minimum Gasteiger partial charge on any atom is -0.396 e. The Morgan fingerprint density at radius 3 is 1.12 bits per heavy atom. The maximum Gasteiger partial charge on any atom is 0.0521 e. The Balaban J connectivity index is 0. The second kappa shape index (κ2) is 28.4. The Bertz CT molecular complexity index is 152. The van der Waals surface area contributed by atoms with Gasteiger partial charge in [0.2, 0.25) is 0 Å². The molecule has 148 valence electrons. The molecule has 0 heterocycles. The van der Waals surface area contributed by atoms with E-state index in [1.54, 1.807) is 0 Å². The number of aliphatic hydroxyl groups is 2. The molecule has 0 fully saturated rings. The van der Waals surface area contributed by atoms with Gasteiger partial charge in [0.05, 0.1) is 13.2 Å². The number of hydrogen-bond donors (Lipinski definition) is 2. The van der Waals surface area contributed by atoms with E-state index in [2.05, 4.69) is 13.8 Å². The smallest absolute Gasteiger partial charge is 0.0521 e. The second-order valence-electron chi connectivity index (χ2n) is 6.21. The lowest BCUT2D eigenvalue weighted by Crippen LogP contribution is -1.88. The quantitative estimate of drug-likeness (QED) is 0.280. The lowest BCUT2D eigenvalue weighted by atomic mass is 10.1. The molecule has 24 heavy (non-hydrogen) atoms. The van der Waals surface area contributed by atoms with Crippen LogP contribution in [0.15, 0.2) is 0 Å². The molecule has 2 nitrogen and oxygen atoms in total. The highest BCUT2D eigenvalue weighted by atomic mass is 32.2. The third kappa shape index (κ3) is 30.5. The Labute approximate surface area is 161 Å². The van der Waals surface area contributed by atoms with Crippen molar-refractivity contribution in [3.8, 4) is 0 Å². The van der Waals surface area contributed by atoms with Crippen LogP contribution in [0.4, 0.5) is 0 Å². The molecule has 0 radical (unpaired) electrons. The molecule has 0 spiro atoms. The van der Waals surface area contributed by atoms with E-state index in [9.17, 15) is 0 Å². The molecular weight excluding hydrogens is 336 g/mol. The summed E-state index contributed by atoms with van der Waals surface area (Å²) in [5.41, 5.74) is 0. The number of hydrogen-bond acceptors (Lipinski definition) is 4. The van der Waals surface area contributed by atoms with E-state index in [4.69, 9.17) is 10.2 Å². The third-order valence-electron chi connectivity index (χ3n) is 3.76. The van der Waals surface area contributed by atoms with Crippen LogP contribution in [0.25, 0.3) is 0 Å². The summed E-state index contributed by atoms with van der Waals surface area (Å²) in [5.74, 6) is 4.28. The monoisotopic (exact) mass is 380 g/mol. The van der Waals surface area contributed by atoms with Gasteiger partial charge in [0.25, 0.3) is 0 Å². The van der Waals surface area contributed by atoms with Gasteiger partial charge in [-0.1, -0.05) is 78.1 Å². The molecule has 0 bridgehead atoms. The van der Waals surface area contributed by atoms with Crippen LogP contribution in [0.3, 0.4) is 0 Å². The Morgan fingerprint density at radius 2 is 0.792 bits per heavy atom. The van der Waals surface area contributed by atoms with Crippen LogP contribution < -0.4 is 0 Å². The topological polar surface area (TPSA) is 40.5 Å². The lowest BCUT2D eigenvalue weighted by molar-refractivity contribution is 0.322. The van der Waals surface area contributed by atoms with Gasteiger partial charge in [0.1, 0.15) is 0 Å². The molecule has 0 aliphatic carbocycles. The largest absolute Gasteiger partial charge is 0.396 e. The van der Waals surface area contributed by atoms with Crippen molar-refractivity contribution in [3.63, 3.8) is 0 Å². The minimum atomic E-state index is 0.334. The molecule has 2 N–H and O–H groups in total. The van der Waals surface area contributed by atoms with E-state index in [0.717, 1.165) is 11.5 Å². The molecule has 0 atom stereocenters. The molecule has 0 amide bonds. The fourth-order valence-corrected chi connectivity index (χ4v) is 3.79. The van der Waals surface area contributed by atoms with Crippen molar-refractivity contribution >= 4 is 23.5 Å². The van der Waals surface area contributed by atoms with Crippen LogP contribution in [0.5, 0.6) is 0 Å². The number of rotatable bonds is 18. The van der Waals surface area contributed by atoms with Crippen LogP contribution >= 0.6 is 23.5 Å². The van der Waals surface area contributed by atoms with E-state index < -0.39 is 0 Å². The molecule has 0 aromatic heterocycles. The van der Waals surface area contributed by atoms with E-state index >= 15 is 0 Å². The first-order valence-electron chi connectivity index (χ1n) is 10.2. The zero-order valence-corrected chi connectivity index (χ0v) is 18.1. The van der Waals surface area contributed by atoms with Crippen molar-refractivity contribution in [3.05, 3.63) is 0 Å². The molecule has 4 heteroatoms. The maximum atomic E-state index is 8.52. The summed E-state index contributed by atoms with van der Waals surface area (Å²) >= 11 is 3.73. The van der Waals surface area contributed by atoms with Gasteiger partial charge in [-0.3, -0.25) is 0 Å². The van der Waals surface area contributed by atoms with Gasteiger partial charge in [0.15, 0.2) is 0 Å². The number of aliphatic hydroxyl groups excluding tert-OH is 2. The van der Waals surface area contributed by atoms with E-state index in [1.807, 2.05) is 23.5 Å². The zero-order chi connectivity index (χ0) is 18.1. The van der Waals surface area contributed by atoms with Crippen LogP contribution in [0.2, 0.25) is 0 Å². The van der Waals surface area contributed by atoms with Gasteiger partial charge >= 0.3 is 0 Å². The molecule has 0 aromatic rings. The molecule has 0 saturated heterocycles. The zero-order valence-electron chi connectivity index (χ0n) is 16.4. The van der Waals surface area contributed by atoms with Gasteiger partial charge in [-0.15, -0.1) is 0 Å². The van der Waals surface area contributed by atoms with Crippen molar-refractivity contribution < 1.29 is 10.2 Å². The summed E-state index contributed by atoms with van der Waals surface area (Å²) in [6, 6.07) is 0. The highest BCUT2D eigenvalue weighted by Gasteiger charge is 1.91. The van der Waals surface area contributed by atoms with Crippen molar-refractivity contribution in [2.75, 3.05) is 36.2 Å². The lowest BCUT2D eigenvalue weighted by Gasteiger charge is -1.99. The fraction of sp³-hybridized carbons (Fsp3) is 1.00. The van der Waals surface area contributed by atoms with Crippen LogP contribution in [0, 0.1) is 0 Å². The Morgan fingerprint density at radius 1 is 0.458 bits per heavy atom. The summed E-state index contributed by atoms with van der Waals surface area (Å²) in [6.45, 7) is 5.16. The molecule has 0 rings (SSSR count). The molecular formula is C20H44O2S2. The average molecular weight is 381 g/mol. The van der Waals surface area contributed by atoms with Crippen LogP contribution in [-0.2, 0) is 0 Å². The number of unbranched alkanes of at least 4 members (excludes halogenated alkanes) is 10. The third-order valence-corrected chi connectivity index (χ3v) is 5.85. The predicted octanol–water partition coefficient (Wildman–Crippen LogP) is 6.14. The van der Waals surface area contributed by atoms with E-state index in [1.165, 1.54) is 88.6 Å². The van der Waals surface area contributed by atoms with E-state index in [0.29, 0.717) is 13.2 Å². The van der Waals surface area contributed by atoms with Gasteiger partial charge in [-0.05, 0) is 24.3 Å². The van der Waals surface area contributed by atoms with Crippen molar-refractivity contribution in [2.45, 2.75) is 90.9 Å².